The van der Waals surface area contributed by atoms with E-state index in [-0.39, 0.29) is 12.2 Å². The Bertz CT molecular complexity index is 1810. The minimum atomic E-state index is -0.655. The fraction of sp³-hybridized carbons (Fsp3) is 0.167. The van der Waals surface area contributed by atoms with Gasteiger partial charge in [-0.2, -0.15) is 0 Å². The number of carbonyl (C=O) groups is 1. The van der Waals surface area contributed by atoms with Gasteiger partial charge in [-0.1, -0.05) is 75.3 Å². The molecule has 204 valence electrons. The zero-order valence-electron chi connectivity index (χ0n) is 21.5. The van der Waals surface area contributed by atoms with Gasteiger partial charge in [0.05, 0.1) is 32.9 Å². The maximum atomic E-state index is 13.8. The Morgan fingerprint density at radius 3 is 2.58 bits per heavy atom. The van der Waals surface area contributed by atoms with Crippen LogP contribution >= 0.6 is 54.8 Å². The number of aromatic nitrogens is 1. The first-order valence-electron chi connectivity index (χ1n) is 12.4. The van der Waals surface area contributed by atoms with Gasteiger partial charge >= 0.3 is 5.97 Å². The molecule has 6 nitrogen and oxygen atoms in total. The highest BCUT2D eigenvalue weighted by molar-refractivity contribution is 9.10. The molecule has 0 unspecified atom stereocenters. The monoisotopic (exact) mass is 700 g/mol. The van der Waals surface area contributed by atoms with Gasteiger partial charge in [0.1, 0.15) is 12.4 Å². The van der Waals surface area contributed by atoms with E-state index in [9.17, 15) is 9.59 Å². The van der Waals surface area contributed by atoms with Gasteiger partial charge in [0.2, 0.25) is 0 Å². The average molecular weight is 703 g/mol. The van der Waals surface area contributed by atoms with Crippen molar-refractivity contribution < 1.29 is 14.3 Å². The molecule has 1 atom stereocenters. The Labute approximate surface area is 256 Å². The molecule has 0 amide bonds. The first-order valence-corrected chi connectivity index (χ1v) is 15.2. The molecule has 4 aromatic rings. The molecule has 1 aromatic heterocycles. The molecule has 0 saturated carbocycles. The van der Waals surface area contributed by atoms with Crippen LogP contribution in [0.4, 0.5) is 0 Å². The van der Waals surface area contributed by atoms with Crippen LogP contribution < -0.4 is 19.6 Å². The highest BCUT2D eigenvalue weighted by Crippen LogP contribution is 2.32. The number of hydrogen-bond acceptors (Lipinski definition) is 6. The summed E-state index contributed by atoms with van der Waals surface area (Å²) in [5.74, 6) is 0.172. The van der Waals surface area contributed by atoms with Gasteiger partial charge in [-0.3, -0.25) is 9.36 Å². The summed E-state index contributed by atoms with van der Waals surface area (Å²) in [5.41, 5.74) is 3.13. The van der Waals surface area contributed by atoms with Crippen LogP contribution in [0, 0.1) is 0 Å². The van der Waals surface area contributed by atoms with E-state index in [1.54, 1.807) is 18.4 Å². The lowest BCUT2D eigenvalue weighted by molar-refractivity contribution is -0.139. The summed E-state index contributed by atoms with van der Waals surface area (Å²) < 4.78 is 15.0. The van der Waals surface area contributed by atoms with Gasteiger partial charge in [0.25, 0.3) is 5.56 Å². The lowest BCUT2D eigenvalue weighted by Gasteiger charge is -2.24. The van der Waals surface area contributed by atoms with E-state index in [4.69, 9.17) is 21.1 Å². The number of fused-ring (bicyclic) bond motifs is 1. The summed E-state index contributed by atoms with van der Waals surface area (Å²) in [7, 11) is 0. The molecular formula is C30H23Br2ClN2O4S. The molecule has 5 rings (SSSR count). The fourth-order valence-electron chi connectivity index (χ4n) is 4.40. The van der Waals surface area contributed by atoms with Gasteiger partial charge in [-0.25, -0.2) is 9.79 Å². The summed E-state index contributed by atoms with van der Waals surface area (Å²) in [5, 5.41) is 0.647. The van der Waals surface area contributed by atoms with Crippen LogP contribution in [0.15, 0.2) is 96.7 Å². The number of halogens is 3. The molecule has 0 aliphatic carbocycles. The van der Waals surface area contributed by atoms with Gasteiger partial charge in [0, 0.05) is 15.1 Å². The van der Waals surface area contributed by atoms with Crippen molar-refractivity contribution in [2.45, 2.75) is 26.5 Å². The number of benzene rings is 3. The number of ether oxygens (including phenoxy) is 2. The van der Waals surface area contributed by atoms with Crippen molar-refractivity contribution in [1.82, 2.24) is 4.57 Å². The number of esters is 1. The molecule has 10 heteroatoms. The van der Waals surface area contributed by atoms with E-state index in [2.05, 4.69) is 36.9 Å². The zero-order chi connectivity index (χ0) is 28.4. The second-order valence-corrected chi connectivity index (χ2v) is 12.1. The molecule has 40 heavy (non-hydrogen) atoms. The van der Waals surface area contributed by atoms with Crippen LogP contribution in [0.2, 0.25) is 5.02 Å². The topological polar surface area (TPSA) is 69.9 Å². The summed E-state index contributed by atoms with van der Waals surface area (Å²) in [4.78, 5) is 32.0. The molecule has 0 bridgehead atoms. The maximum absolute atomic E-state index is 13.8. The highest BCUT2D eigenvalue weighted by atomic mass is 79.9. The second-order valence-electron chi connectivity index (χ2n) is 8.92. The Hall–Kier alpha value is -2.98. The van der Waals surface area contributed by atoms with Gasteiger partial charge in [-0.05, 0) is 77.3 Å². The number of carbonyl (C=O) groups excluding carboxylic acids is 1. The summed E-state index contributed by atoms with van der Waals surface area (Å²) in [6.45, 7) is 4.07. The van der Waals surface area contributed by atoms with Crippen LogP contribution in [-0.4, -0.2) is 17.1 Å². The first-order chi connectivity index (χ1) is 19.3. The van der Waals surface area contributed by atoms with Gasteiger partial charge in [0.15, 0.2) is 4.80 Å². The van der Waals surface area contributed by atoms with Crippen molar-refractivity contribution >= 4 is 66.8 Å². The highest BCUT2D eigenvalue weighted by Gasteiger charge is 2.33. The van der Waals surface area contributed by atoms with Crippen LogP contribution in [-0.2, 0) is 16.1 Å². The molecule has 2 heterocycles. The molecule has 1 aliphatic heterocycles. The predicted octanol–water partition coefficient (Wildman–Crippen LogP) is 6.56. The third-order valence-corrected chi connectivity index (χ3v) is 8.80. The molecule has 1 aliphatic rings. The third kappa shape index (κ3) is 5.88. The SMILES string of the molecule is CCOC(=O)C1=C(C)N=c2s/c(=C\c3ccc(OCc4ccccc4Cl)c(Br)c3)c(=O)n2[C@H]1c1ccc(Br)cc1. The lowest BCUT2D eigenvalue weighted by atomic mass is 9.96. The van der Waals surface area contributed by atoms with Crippen molar-refractivity contribution in [3.05, 3.63) is 128 Å². The molecule has 0 radical (unpaired) electrons. The third-order valence-electron chi connectivity index (χ3n) is 6.30. The number of nitrogens with zero attached hydrogens (tertiary/aromatic N) is 2. The quantitative estimate of drug-likeness (QED) is 0.205. The number of rotatable bonds is 7. The number of allylic oxidation sites excluding steroid dienone is 1. The van der Waals surface area contributed by atoms with Crippen molar-refractivity contribution in [3.63, 3.8) is 0 Å². The smallest absolute Gasteiger partial charge is 0.338 e. The van der Waals surface area contributed by atoms with Crippen LogP contribution in [0.5, 0.6) is 5.75 Å². The van der Waals surface area contributed by atoms with Crippen molar-refractivity contribution in [2.24, 2.45) is 4.99 Å². The largest absolute Gasteiger partial charge is 0.488 e. The minimum absolute atomic E-state index is 0.222. The Morgan fingerprint density at radius 1 is 1.12 bits per heavy atom. The van der Waals surface area contributed by atoms with E-state index in [0.29, 0.717) is 38.0 Å². The number of thiazole rings is 1. The summed E-state index contributed by atoms with van der Waals surface area (Å²) in [6, 6.07) is 20.0. The van der Waals surface area contributed by atoms with Crippen LogP contribution in [0.3, 0.4) is 0 Å². The van der Waals surface area contributed by atoms with E-state index in [0.717, 1.165) is 25.6 Å². The Kier molecular flexibility index (Phi) is 8.75. The van der Waals surface area contributed by atoms with Gasteiger partial charge < -0.3 is 9.47 Å². The molecule has 0 spiro atoms. The zero-order valence-corrected chi connectivity index (χ0v) is 26.2. The molecular weight excluding hydrogens is 680 g/mol. The average Bonchev–Trinajstić information content (AvgIpc) is 3.23. The number of hydrogen-bond donors (Lipinski definition) is 0. The lowest BCUT2D eigenvalue weighted by Crippen LogP contribution is -2.39. The molecule has 0 fully saturated rings. The second kappa shape index (κ2) is 12.3. The molecule has 0 N–H and O–H groups in total. The van der Waals surface area contributed by atoms with Crippen LogP contribution in [0.1, 0.15) is 36.6 Å². The normalized spacial score (nSPS) is 15.0. The van der Waals surface area contributed by atoms with E-state index >= 15 is 0 Å². The first kappa shape index (κ1) is 28.5. The summed E-state index contributed by atoms with van der Waals surface area (Å²) in [6.07, 6.45) is 1.81. The fourth-order valence-corrected chi connectivity index (χ4v) is 6.41. The van der Waals surface area contributed by atoms with Crippen molar-refractivity contribution in [1.29, 1.82) is 0 Å². The minimum Gasteiger partial charge on any atom is -0.488 e. The van der Waals surface area contributed by atoms with Gasteiger partial charge in [-0.15, -0.1) is 0 Å². The standard InChI is InChI=1S/C30H23Br2ClN2O4S/c1-3-38-29(37)26-17(2)34-30-35(27(26)19-9-11-21(31)12-10-19)28(36)25(40-30)15-18-8-13-24(22(32)14-18)39-16-20-6-4-5-7-23(20)33/h4-15,27H,3,16H2,1-2H3/b25-15-/t27-/m0/s1. The van der Waals surface area contributed by atoms with E-state index < -0.39 is 12.0 Å². The van der Waals surface area contributed by atoms with Crippen LogP contribution in [0.25, 0.3) is 6.08 Å². The van der Waals surface area contributed by atoms with E-state index in [1.165, 1.54) is 11.3 Å². The van der Waals surface area contributed by atoms with E-state index in [1.807, 2.05) is 72.8 Å². The molecule has 3 aromatic carbocycles. The van der Waals surface area contributed by atoms with Crippen molar-refractivity contribution in [3.8, 4) is 5.75 Å². The molecule has 0 saturated heterocycles. The van der Waals surface area contributed by atoms with Crippen molar-refractivity contribution in [2.75, 3.05) is 6.61 Å². The maximum Gasteiger partial charge on any atom is 0.338 e. The Balaban J connectivity index is 1.53. The Morgan fingerprint density at radius 2 is 1.88 bits per heavy atom. The summed E-state index contributed by atoms with van der Waals surface area (Å²) >= 11 is 14.6. The predicted molar refractivity (Wildman–Crippen MR) is 164 cm³/mol.